The van der Waals surface area contributed by atoms with Crippen LogP contribution in [0.5, 0.6) is 5.75 Å². The van der Waals surface area contributed by atoms with Crippen molar-refractivity contribution in [2.75, 3.05) is 44.3 Å². The van der Waals surface area contributed by atoms with E-state index in [4.69, 9.17) is 14.6 Å². The van der Waals surface area contributed by atoms with E-state index in [-0.39, 0.29) is 82.1 Å². The quantitative estimate of drug-likeness (QED) is 0.0156. The van der Waals surface area contributed by atoms with Gasteiger partial charge >= 0.3 is 23.9 Å². The fourth-order valence-corrected chi connectivity index (χ4v) is 12.2. The van der Waals surface area contributed by atoms with Gasteiger partial charge in [-0.15, -0.1) is 0 Å². The summed E-state index contributed by atoms with van der Waals surface area (Å²) in [5.41, 5.74) is 10.7. The molecule has 492 valence electrons. The number of nitrogens with zero attached hydrogens (tertiary/aromatic N) is 2. The van der Waals surface area contributed by atoms with Crippen molar-refractivity contribution in [3.8, 4) is 5.75 Å². The fourth-order valence-electron chi connectivity index (χ4n) is 12.2. The normalized spacial score (nSPS) is 16.6. The monoisotopic (exact) mass is 1260 g/mol. The maximum absolute atomic E-state index is 14.1. The number of carboxylic acids is 3. The molecular weight excluding hydrogens is 1170 g/mol. The minimum Gasteiger partial charge on any atom is -0.481 e. The third-order valence-electron chi connectivity index (χ3n) is 17.2. The van der Waals surface area contributed by atoms with Gasteiger partial charge in [0.2, 0.25) is 23.4 Å². The van der Waals surface area contributed by atoms with Crippen LogP contribution < -0.4 is 36.2 Å². The maximum atomic E-state index is 14.1. The number of unbranched alkanes of at least 4 members (excludes halogenated alkanes) is 4. The third kappa shape index (κ3) is 19.8. The highest BCUT2D eigenvalue weighted by Gasteiger charge is 2.44. The molecule has 3 atom stereocenters. The van der Waals surface area contributed by atoms with Crippen molar-refractivity contribution in [1.29, 1.82) is 0 Å². The lowest BCUT2D eigenvalue weighted by Gasteiger charge is -2.27. The highest BCUT2D eigenvalue weighted by Crippen LogP contribution is 2.48. The maximum Gasteiger partial charge on any atom is 0.326 e. The second kappa shape index (κ2) is 34.5. The van der Waals surface area contributed by atoms with E-state index in [1.165, 1.54) is 33.9 Å². The number of aliphatic carboxylic acids is 3. The Hall–Kier alpha value is -8.84. The molecule has 7 rings (SSSR count). The lowest BCUT2D eigenvalue weighted by molar-refractivity contribution is -0.438. The Labute approximate surface area is 541 Å². The van der Waals surface area contributed by atoms with Crippen LogP contribution in [0.15, 0.2) is 150 Å². The molecule has 19 nitrogen and oxygen atoms in total. The van der Waals surface area contributed by atoms with Crippen LogP contribution in [-0.2, 0) is 57.2 Å². The predicted octanol–water partition coefficient (Wildman–Crippen LogP) is 10.9. The fraction of sp³-hybridized carbons (Fsp3) is 0.452. The van der Waals surface area contributed by atoms with E-state index in [0.717, 1.165) is 93.3 Å². The van der Waals surface area contributed by atoms with Gasteiger partial charge in [0, 0.05) is 92.7 Å². The standard InChI is InChI=1S/C73H93N7O12/c1-7-9-18-44-79-60-28-16-14-26-55(60)72(3,4)62(79)38-33-52-24-20-25-53(34-39-63-73(5,6)56-27-15-17-29-61(56)80(63)45-19-10-8-2)67(52)92-54-35-31-51(32-36-54)49-59(70(88)89)77-68(85)58(48-50-22-12-11-13-23-50)76-65(82)41-46-91-47-43-74-64(81)40-37-57(69(86)87)78-71(90)75-42-21-30-66(83)84/h11-17,22-23,26-29,31-36,38-39,57-59H,7-10,18-21,24-25,30,37,40-49H2,1-6H3,(H7-,74,75,76,77,78,81,82,83,84,85,86,87,88,89,90)/p+1/t57-,58-,59-/m0/s1. The molecule has 0 radical (unpaired) electrons. The summed E-state index contributed by atoms with van der Waals surface area (Å²) in [6.07, 6.45) is 17.8. The van der Waals surface area contributed by atoms with Gasteiger partial charge in [0.25, 0.3) is 0 Å². The number of para-hydroxylation sites is 2. The largest absolute Gasteiger partial charge is 0.481 e. The molecule has 4 aromatic rings. The molecule has 0 bridgehead atoms. The molecule has 0 fully saturated rings. The Balaban J connectivity index is 1.03. The number of carbonyl (C=O) groups is 7. The number of fused-ring (bicyclic) bond motifs is 2. The van der Waals surface area contributed by atoms with Gasteiger partial charge in [0.05, 0.1) is 18.6 Å². The molecule has 8 N–H and O–H groups in total. The Bertz CT molecular complexity index is 3380. The van der Waals surface area contributed by atoms with Gasteiger partial charge in [-0.1, -0.05) is 132 Å². The number of carbonyl (C=O) groups excluding carboxylic acids is 4. The van der Waals surface area contributed by atoms with Gasteiger partial charge in [-0.2, -0.15) is 4.58 Å². The first kappa shape index (κ1) is 70.6. The second-order valence-electron chi connectivity index (χ2n) is 24.9. The number of benzene rings is 4. The number of nitrogens with one attached hydrogen (secondary N) is 5. The molecule has 0 spiro atoms. The zero-order chi connectivity index (χ0) is 66.2. The molecule has 4 aromatic carbocycles. The van der Waals surface area contributed by atoms with E-state index in [1.54, 1.807) is 24.3 Å². The molecule has 92 heavy (non-hydrogen) atoms. The molecule has 3 aliphatic rings. The van der Waals surface area contributed by atoms with E-state index in [9.17, 15) is 43.8 Å². The van der Waals surface area contributed by atoms with Gasteiger partial charge in [0.1, 0.15) is 36.2 Å². The van der Waals surface area contributed by atoms with Gasteiger partial charge < -0.3 is 56.3 Å². The number of rotatable bonds is 36. The van der Waals surface area contributed by atoms with Crippen LogP contribution in [0, 0.1) is 0 Å². The molecule has 2 aliphatic heterocycles. The average molecular weight is 1260 g/mol. The molecular formula is C73H94N7O12+. The lowest BCUT2D eigenvalue weighted by atomic mass is 9.81. The number of carboxylic acid groups (broad SMARTS) is 3. The van der Waals surface area contributed by atoms with Crippen molar-refractivity contribution in [1.82, 2.24) is 26.6 Å². The van der Waals surface area contributed by atoms with Gasteiger partial charge in [-0.05, 0) is 117 Å². The summed E-state index contributed by atoms with van der Waals surface area (Å²) in [7, 11) is 0. The molecule has 19 heteroatoms. The number of anilines is 1. The number of amides is 5. The highest BCUT2D eigenvalue weighted by atomic mass is 16.5. The van der Waals surface area contributed by atoms with Crippen LogP contribution in [0.25, 0.3) is 0 Å². The highest BCUT2D eigenvalue weighted by molar-refractivity contribution is 6.03. The van der Waals surface area contributed by atoms with Crippen molar-refractivity contribution in [2.24, 2.45) is 0 Å². The summed E-state index contributed by atoms with van der Waals surface area (Å²) in [5, 5.41) is 41.5. The van der Waals surface area contributed by atoms with E-state index in [0.29, 0.717) is 11.3 Å². The number of hydrogen-bond donors (Lipinski definition) is 8. The molecule has 0 saturated carbocycles. The Kier molecular flexibility index (Phi) is 26.5. The molecule has 0 saturated heterocycles. The first-order chi connectivity index (χ1) is 44.2. The summed E-state index contributed by atoms with van der Waals surface area (Å²) < 4.78 is 15.1. The van der Waals surface area contributed by atoms with Crippen LogP contribution in [0.2, 0.25) is 0 Å². The summed E-state index contributed by atoms with van der Waals surface area (Å²) in [4.78, 5) is 89.8. The van der Waals surface area contributed by atoms with Crippen molar-refractivity contribution in [3.05, 3.63) is 172 Å². The first-order valence-electron chi connectivity index (χ1n) is 32.6. The SMILES string of the molecule is CCCCCN1/C(=C/C=C2\CCCC(/C=C/C3=[N+](CCCCC)c4ccccc4C3(C)C)=C2Oc2ccc(C[C@H](NC(=O)[C@H](Cc3ccccc3)NC(=O)CCOCCNC(=O)CC[C@H](NC(=O)NCCCC(=O)O)C(=O)O)C(=O)O)cc2)C(C)(C)c2ccccc21. The zero-order valence-corrected chi connectivity index (χ0v) is 54.3. The molecule has 0 unspecified atom stereocenters. The van der Waals surface area contributed by atoms with Crippen LogP contribution >= 0.6 is 0 Å². The number of hydrogen-bond acceptors (Lipinski definition) is 10. The summed E-state index contributed by atoms with van der Waals surface area (Å²) in [6.45, 7) is 15.5. The molecule has 2 heterocycles. The Morgan fingerprint density at radius 1 is 0.620 bits per heavy atom. The summed E-state index contributed by atoms with van der Waals surface area (Å²) >= 11 is 0. The molecule has 0 aromatic heterocycles. The minimum atomic E-state index is -1.37. The predicted molar refractivity (Wildman–Crippen MR) is 356 cm³/mol. The van der Waals surface area contributed by atoms with Crippen LogP contribution in [0.3, 0.4) is 0 Å². The third-order valence-corrected chi connectivity index (χ3v) is 17.2. The van der Waals surface area contributed by atoms with E-state index in [1.807, 2.05) is 30.3 Å². The van der Waals surface area contributed by atoms with Crippen molar-refractivity contribution < 1.29 is 62.9 Å². The van der Waals surface area contributed by atoms with Gasteiger partial charge in [-0.25, -0.2) is 14.4 Å². The Morgan fingerprint density at radius 2 is 1.29 bits per heavy atom. The first-order valence-corrected chi connectivity index (χ1v) is 32.6. The number of ether oxygens (including phenoxy) is 2. The summed E-state index contributed by atoms with van der Waals surface area (Å²) in [6, 6.07) is 29.1. The number of allylic oxidation sites excluding steroid dienone is 7. The lowest BCUT2D eigenvalue weighted by Crippen LogP contribution is -2.53. The molecule has 1 aliphatic carbocycles. The van der Waals surface area contributed by atoms with Crippen molar-refractivity contribution in [3.63, 3.8) is 0 Å². The molecule has 5 amide bonds. The van der Waals surface area contributed by atoms with Crippen LogP contribution in [0.4, 0.5) is 16.2 Å². The van der Waals surface area contributed by atoms with Gasteiger partial charge in [-0.3, -0.25) is 19.2 Å². The topological polar surface area (TPSA) is 265 Å². The van der Waals surface area contributed by atoms with Crippen LogP contribution in [0.1, 0.15) is 154 Å². The number of urea groups is 1. The van der Waals surface area contributed by atoms with Gasteiger partial charge in [0.15, 0.2) is 5.71 Å². The van der Waals surface area contributed by atoms with E-state index in [2.05, 4.69) is 150 Å². The van der Waals surface area contributed by atoms with Crippen molar-refractivity contribution in [2.45, 2.75) is 173 Å². The smallest absolute Gasteiger partial charge is 0.326 e. The average Bonchev–Trinajstić information content (AvgIpc) is 1.61. The van der Waals surface area contributed by atoms with E-state index >= 15 is 0 Å². The second-order valence-corrected chi connectivity index (χ2v) is 24.9. The van der Waals surface area contributed by atoms with E-state index < -0.39 is 59.8 Å². The van der Waals surface area contributed by atoms with Crippen LogP contribution in [-0.4, -0.2) is 125 Å². The Morgan fingerprint density at radius 3 is 2.01 bits per heavy atom. The minimum absolute atomic E-state index is 0.00573. The summed E-state index contributed by atoms with van der Waals surface area (Å²) in [5.74, 6) is -3.96. The van der Waals surface area contributed by atoms with Crippen molar-refractivity contribution >= 4 is 58.7 Å². The zero-order valence-electron chi connectivity index (χ0n) is 54.3.